The monoisotopic (exact) mass is 286 g/mol. The molecule has 0 saturated carbocycles. The van der Waals surface area contributed by atoms with Crippen LogP contribution >= 0.6 is 0 Å². The van der Waals surface area contributed by atoms with Crippen LogP contribution in [0.2, 0.25) is 0 Å². The van der Waals surface area contributed by atoms with E-state index < -0.39 is 0 Å². The van der Waals surface area contributed by atoms with Crippen LogP contribution < -0.4 is 10.1 Å². The Balaban J connectivity index is 1.77. The van der Waals surface area contributed by atoms with Crippen LogP contribution in [-0.4, -0.2) is 24.5 Å². The molecule has 1 heterocycles. The van der Waals surface area contributed by atoms with Crippen LogP contribution in [0.4, 0.5) is 0 Å². The molecule has 0 saturated heterocycles. The molecule has 2 rings (SSSR count). The van der Waals surface area contributed by atoms with E-state index in [1.165, 1.54) is 5.56 Å². The normalized spacial score (nSPS) is 10.4. The molecule has 0 aliphatic heterocycles. The molecule has 0 aliphatic rings. The number of hydrogen-bond acceptors (Lipinski definition) is 2. The minimum Gasteiger partial charge on any atom is -0.497 e. The fourth-order valence-corrected chi connectivity index (χ4v) is 2.34. The van der Waals surface area contributed by atoms with Crippen LogP contribution in [0.1, 0.15) is 22.5 Å². The largest absolute Gasteiger partial charge is 0.497 e. The number of amides is 1. The summed E-state index contributed by atoms with van der Waals surface area (Å²) < 4.78 is 5.12. The third-order valence-electron chi connectivity index (χ3n) is 3.50. The smallest absolute Gasteiger partial charge is 0.224 e. The minimum absolute atomic E-state index is 0.0608. The van der Waals surface area contributed by atoms with E-state index in [1.807, 2.05) is 44.2 Å². The number of aryl methyl sites for hydroxylation is 2. The first-order valence-corrected chi connectivity index (χ1v) is 7.13. The molecule has 4 nitrogen and oxygen atoms in total. The van der Waals surface area contributed by atoms with Gasteiger partial charge in [-0.05, 0) is 49.6 Å². The van der Waals surface area contributed by atoms with Crippen molar-refractivity contribution >= 4 is 5.91 Å². The summed E-state index contributed by atoms with van der Waals surface area (Å²) in [6, 6.07) is 9.93. The van der Waals surface area contributed by atoms with Crippen molar-refractivity contribution in [3.63, 3.8) is 0 Å². The minimum atomic E-state index is 0.0608. The topological polar surface area (TPSA) is 54.1 Å². The molecule has 21 heavy (non-hydrogen) atoms. The highest BCUT2D eigenvalue weighted by Crippen LogP contribution is 2.12. The summed E-state index contributed by atoms with van der Waals surface area (Å²) in [7, 11) is 1.65. The number of benzene rings is 1. The van der Waals surface area contributed by atoms with E-state index in [0.29, 0.717) is 13.0 Å². The van der Waals surface area contributed by atoms with Gasteiger partial charge in [-0.15, -0.1) is 0 Å². The highest BCUT2D eigenvalue weighted by atomic mass is 16.5. The Labute approximate surface area is 125 Å². The lowest BCUT2D eigenvalue weighted by Crippen LogP contribution is -2.27. The molecule has 0 unspecified atom stereocenters. The third-order valence-corrected chi connectivity index (χ3v) is 3.50. The van der Waals surface area contributed by atoms with Gasteiger partial charge in [-0.2, -0.15) is 0 Å². The van der Waals surface area contributed by atoms with Gasteiger partial charge in [-0.25, -0.2) is 0 Å². The van der Waals surface area contributed by atoms with Crippen LogP contribution in [0, 0.1) is 13.8 Å². The van der Waals surface area contributed by atoms with Gasteiger partial charge in [-0.1, -0.05) is 12.1 Å². The Bertz CT molecular complexity index is 600. The van der Waals surface area contributed by atoms with Crippen LogP contribution in [0.15, 0.2) is 30.3 Å². The van der Waals surface area contributed by atoms with E-state index in [0.717, 1.165) is 29.1 Å². The molecule has 2 N–H and O–H groups in total. The van der Waals surface area contributed by atoms with Crippen molar-refractivity contribution in [2.75, 3.05) is 13.7 Å². The van der Waals surface area contributed by atoms with Gasteiger partial charge >= 0.3 is 0 Å². The van der Waals surface area contributed by atoms with Crippen molar-refractivity contribution in [2.24, 2.45) is 0 Å². The fourth-order valence-electron chi connectivity index (χ4n) is 2.34. The Morgan fingerprint density at radius 1 is 1.24 bits per heavy atom. The number of nitrogens with one attached hydrogen (secondary N) is 2. The number of aromatic amines is 1. The molecule has 112 valence electrons. The lowest BCUT2D eigenvalue weighted by Gasteiger charge is -2.06. The predicted molar refractivity (Wildman–Crippen MR) is 83.7 cm³/mol. The van der Waals surface area contributed by atoms with E-state index in [4.69, 9.17) is 4.74 Å². The molecular formula is C17H22N2O2. The molecule has 0 atom stereocenters. The standard InChI is InChI=1S/C17H22N2O2/c1-12-10-15(13(2)19-12)11-17(20)18-9-8-14-4-6-16(21-3)7-5-14/h4-7,10,19H,8-9,11H2,1-3H3,(H,18,20). The Morgan fingerprint density at radius 3 is 2.52 bits per heavy atom. The van der Waals surface area contributed by atoms with Crippen molar-refractivity contribution in [1.82, 2.24) is 10.3 Å². The summed E-state index contributed by atoms with van der Waals surface area (Å²) in [5, 5.41) is 2.96. The average Bonchev–Trinajstić information content (AvgIpc) is 2.77. The van der Waals surface area contributed by atoms with E-state index in [1.54, 1.807) is 7.11 Å². The van der Waals surface area contributed by atoms with Gasteiger partial charge in [0.2, 0.25) is 5.91 Å². The number of methoxy groups -OCH3 is 1. The SMILES string of the molecule is COc1ccc(CCNC(=O)Cc2cc(C)[nH]c2C)cc1. The van der Waals surface area contributed by atoms with E-state index in [-0.39, 0.29) is 5.91 Å². The van der Waals surface area contributed by atoms with Crippen molar-refractivity contribution < 1.29 is 9.53 Å². The molecule has 0 aliphatic carbocycles. The molecule has 0 radical (unpaired) electrons. The maximum Gasteiger partial charge on any atom is 0.224 e. The quantitative estimate of drug-likeness (QED) is 0.857. The molecule has 4 heteroatoms. The summed E-state index contributed by atoms with van der Waals surface area (Å²) in [5.41, 5.74) is 4.41. The van der Waals surface area contributed by atoms with Crippen LogP contribution in [0.25, 0.3) is 0 Å². The molecule has 0 fully saturated rings. The van der Waals surface area contributed by atoms with Gasteiger partial charge in [0.25, 0.3) is 0 Å². The molecule has 1 aromatic carbocycles. The molecular weight excluding hydrogens is 264 g/mol. The van der Waals surface area contributed by atoms with E-state index in [2.05, 4.69) is 10.3 Å². The van der Waals surface area contributed by atoms with Crippen LogP contribution in [0.5, 0.6) is 5.75 Å². The van der Waals surface area contributed by atoms with Crippen molar-refractivity contribution in [1.29, 1.82) is 0 Å². The summed E-state index contributed by atoms with van der Waals surface area (Å²) in [4.78, 5) is 15.1. The first kappa shape index (κ1) is 15.2. The predicted octanol–water partition coefficient (Wildman–Crippen LogP) is 2.54. The first-order chi connectivity index (χ1) is 10.1. The summed E-state index contributed by atoms with van der Waals surface area (Å²) in [5.74, 6) is 0.909. The van der Waals surface area contributed by atoms with Crippen LogP contribution in [0.3, 0.4) is 0 Å². The van der Waals surface area contributed by atoms with E-state index >= 15 is 0 Å². The highest BCUT2D eigenvalue weighted by molar-refractivity contribution is 5.78. The summed E-state index contributed by atoms with van der Waals surface area (Å²) in [6.45, 7) is 4.64. The molecule has 0 spiro atoms. The van der Waals surface area contributed by atoms with Crippen molar-refractivity contribution in [3.8, 4) is 5.75 Å². The summed E-state index contributed by atoms with van der Waals surface area (Å²) in [6.07, 6.45) is 1.25. The van der Waals surface area contributed by atoms with Gasteiger partial charge in [0.1, 0.15) is 5.75 Å². The maximum atomic E-state index is 11.9. The summed E-state index contributed by atoms with van der Waals surface area (Å²) >= 11 is 0. The Hall–Kier alpha value is -2.23. The molecule has 2 aromatic rings. The number of carbonyl (C=O) groups excluding carboxylic acids is 1. The molecule has 0 bridgehead atoms. The Morgan fingerprint density at radius 2 is 1.95 bits per heavy atom. The van der Waals surface area contributed by atoms with Crippen LogP contribution in [-0.2, 0) is 17.6 Å². The number of aromatic nitrogens is 1. The Kier molecular flexibility index (Phi) is 5.04. The maximum absolute atomic E-state index is 11.9. The number of ether oxygens (including phenoxy) is 1. The number of rotatable bonds is 6. The number of carbonyl (C=O) groups is 1. The lowest BCUT2D eigenvalue weighted by atomic mass is 10.1. The second-order valence-corrected chi connectivity index (χ2v) is 5.23. The zero-order chi connectivity index (χ0) is 15.2. The highest BCUT2D eigenvalue weighted by Gasteiger charge is 2.07. The van der Waals surface area contributed by atoms with Crippen molar-refractivity contribution in [2.45, 2.75) is 26.7 Å². The molecule has 1 amide bonds. The molecule has 1 aromatic heterocycles. The van der Waals surface area contributed by atoms with Gasteiger partial charge < -0.3 is 15.0 Å². The van der Waals surface area contributed by atoms with Gasteiger partial charge in [-0.3, -0.25) is 4.79 Å². The average molecular weight is 286 g/mol. The van der Waals surface area contributed by atoms with Gasteiger partial charge in [0.05, 0.1) is 13.5 Å². The lowest BCUT2D eigenvalue weighted by molar-refractivity contribution is -0.120. The van der Waals surface area contributed by atoms with Gasteiger partial charge in [0.15, 0.2) is 0 Å². The number of hydrogen-bond donors (Lipinski definition) is 2. The number of H-pyrrole nitrogens is 1. The first-order valence-electron chi connectivity index (χ1n) is 7.13. The second-order valence-electron chi connectivity index (χ2n) is 5.23. The fraction of sp³-hybridized carbons (Fsp3) is 0.353. The van der Waals surface area contributed by atoms with Gasteiger partial charge in [0, 0.05) is 17.9 Å². The van der Waals surface area contributed by atoms with E-state index in [9.17, 15) is 4.79 Å². The zero-order valence-corrected chi connectivity index (χ0v) is 12.8. The van der Waals surface area contributed by atoms with Crippen molar-refractivity contribution in [3.05, 3.63) is 52.8 Å². The second kappa shape index (κ2) is 6.97. The zero-order valence-electron chi connectivity index (χ0n) is 12.8. The third kappa shape index (κ3) is 4.38.